The molecule has 0 unspecified atom stereocenters. The van der Waals surface area contributed by atoms with Crippen LogP contribution >= 0.6 is 11.3 Å². The van der Waals surface area contributed by atoms with Gasteiger partial charge in [0.05, 0.1) is 31.0 Å². The molecule has 1 N–H and O–H groups in total. The molecule has 0 aliphatic heterocycles. The maximum Gasteiger partial charge on any atom is 0.295 e. The Bertz CT molecular complexity index is 1610. The van der Waals surface area contributed by atoms with E-state index in [2.05, 4.69) is 54.5 Å². The summed E-state index contributed by atoms with van der Waals surface area (Å²) in [7, 11) is -0.390. The molecule has 0 radical (unpaired) electrons. The molecular formula is C30H37F2N5O4SSi. The zero-order valence-electron chi connectivity index (χ0n) is 25.2. The number of anilines is 1. The van der Waals surface area contributed by atoms with Crippen LogP contribution in [0, 0.1) is 17.6 Å². The number of ether oxygens (including phenoxy) is 2. The number of hydrogen-bond acceptors (Lipinski definition) is 8. The number of nitrogens with one attached hydrogen (secondary N) is 1. The number of fused-ring (bicyclic) bond motifs is 1. The van der Waals surface area contributed by atoms with Crippen molar-refractivity contribution in [1.82, 2.24) is 19.8 Å². The van der Waals surface area contributed by atoms with Gasteiger partial charge in [-0.15, -0.1) is 5.10 Å². The number of pyridine rings is 1. The average Bonchev–Trinajstić information content (AvgIpc) is 3.56. The molecule has 1 fully saturated rings. The molecule has 230 valence electrons. The number of carbonyl (C=O) groups excluding carboxylic acids is 1. The quantitative estimate of drug-likeness (QED) is 0.193. The summed E-state index contributed by atoms with van der Waals surface area (Å²) in [6, 6.07) is 5.66. The van der Waals surface area contributed by atoms with Crippen molar-refractivity contribution in [1.29, 1.82) is 0 Å². The van der Waals surface area contributed by atoms with Gasteiger partial charge in [-0.2, -0.15) is 5.10 Å². The summed E-state index contributed by atoms with van der Waals surface area (Å²) in [6.45, 7) is 11.9. The van der Waals surface area contributed by atoms with Gasteiger partial charge in [0, 0.05) is 17.9 Å². The Balaban J connectivity index is 1.25. The van der Waals surface area contributed by atoms with Crippen LogP contribution in [0.2, 0.25) is 18.1 Å². The molecule has 1 amide bonds. The molecule has 13 heteroatoms. The van der Waals surface area contributed by atoms with Gasteiger partial charge >= 0.3 is 0 Å². The molecule has 1 aliphatic carbocycles. The van der Waals surface area contributed by atoms with Crippen LogP contribution in [0.15, 0.2) is 36.7 Å². The number of carbonyl (C=O) groups is 1. The highest BCUT2D eigenvalue weighted by Gasteiger charge is 2.40. The zero-order chi connectivity index (χ0) is 30.9. The van der Waals surface area contributed by atoms with Gasteiger partial charge in [-0.1, -0.05) is 31.9 Å². The molecule has 3 aromatic heterocycles. The number of methoxy groups -OCH3 is 1. The summed E-state index contributed by atoms with van der Waals surface area (Å²) in [5.41, 5.74) is 0.315. The van der Waals surface area contributed by atoms with Crippen molar-refractivity contribution < 1.29 is 27.5 Å². The second-order valence-electron chi connectivity index (χ2n) is 12.4. The fraction of sp³-hybridized carbons (Fsp3) is 0.467. The Hall–Kier alpha value is -3.42. The molecule has 1 saturated carbocycles. The number of aromatic nitrogens is 4. The Kier molecular flexibility index (Phi) is 8.86. The SMILES string of the molecule is COc1cccc(F)c1-c1cn2ncc(F)c2cc1C(=O)Nc1nnc(OCC2CCC(O[Si](C)(C)C(C)(C)C)CC2)s1. The van der Waals surface area contributed by atoms with Gasteiger partial charge < -0.3 is 13.9 Å². The summed E-state index contributed by atoms with van der Waals surface area (Å²) in [4.78, 5) is 13.5. The minimum absolute atomic E-state index is 0.0182. The second-order valence-corrected chi connectivity index (χ2v) is 18.1. The molecule has 0 spiro atoms. The number of rotatable bonds is 9. The maximum atomic E-state index is 15.0. The van der Waals surface area contributed by atoms with E-state index < -0.39 is 25.9 Å². The summed E-state index contributed by atoms with van der Waals surface area (Å²) in [5.74, 6) is -1.24. The minimum atomic E-state index is -1.79. The topological polar surface area (TPSA) is 99.9 Å². The van der Waals surface area contributed by atoms with E-state index in [0.29, 0.717) is 23.8 Å². The normalized spacial score (nSPS) is 17.7. The highest BCUT2D eigenvalue weighted by molar-refractivity contribution is 7.17. The van der Waals surface area contributed by atoms with Crippen LogP contribution in [0.4, 0.5) is 13.9 Å². The Morgan fingerprint density at radius 2 is 1.88 bits per heavy atom. The molecule has 9 nitrogen and oxygen atoms in total. The lowest BCUT2D eigenvalue weighted by atomic mass is 9.88. The first-order chi connectivity index (χ1) is 20.4. The van der Waals surface area contributed by atoms with Crippen molar-refractivity contribution in [3.63, 3.8) is 0 Å². The van der Waals surface area contributed by atoms with Crippen LogP contribution < -0.4 is 14.8 Å². The van der Waals surface area contributed by atoms with Crippen molar-refractivity contribution in [2.75, 3.05) is 19.0 Å². The highest BCUT2D eigenvalue weighted by atomic mass is 32.1. The Morgan fingerprint density at radius 3 is 2.58 bits per heavy atom. The van der Waals surface area contributed by atoms with E-state index in [1.165, 1.54) is 36.0 Å². The van der Waals surface area contributed by atoms with Crippen LogP contribution in [0.3, 0.4) is 0 Å². The van der Waals surface area contributed by atoms with Crippen LogP contribution in [0.25, 0.3) is 16.6 Å². The van der Waals surface area contributed by atoms with E-state index in [1.54, 1.807) is 6.07 Å². The number of nitrogens with zero attached hydrogens (tertiary/aromatic N) is 4. The van der Waals surface area contributed by atoms with Crippen molar-refractivity contribution in [3.05, 3.63) is 53.9 Å². The van der Waals surface area contributed by atoms with Crippen LogP contribution in [0.1, 0.15) is 56.8 Å². The number of amides is 1. The predicted molar refractivity (Wildman–Crippen MR) is 164 cm³/mol. The Labute approximate surface area is 254 Å². The first-order valence-corrected chi connectivity index (χ1v) is 18.0. The lowest BCUT2D eigenvalue weighted by molar-refractivity contribution is 0.0983. The molecule has 1 aliphatic rings. The first-order valence-electron chi connectivity index (χ1n) is 14.3. The minimum Gasteiger partial charge on any atom is -0.496 e. The second kappa shape index (κ2) is 12.3. The third kappa shape index (κ3) is 6.73. The summed E-state index contributed by atoms with van der Waals surface area (Å²) < 4.78 is 48.6. The van der Waals surface area contributed by atoms with Gasteiger partial charge in [0.15, 0.2) is 14.1 Å². The van der Waals surface area contributed by atoms with Crippen molar-refractivity contribution in [2.24, 2.45) is 5.92 Å². The van der Waals surface area contributed by atoms with E-state index >= 15 is 4.39 Å². The van der Waals surface area contributed by atoms with Crippen molar-refractivity contribution >= 4 is 36.2 Å². The zero-order valence-corrected chi connectivity index (χ0v) is 27.1. The molecule has 0 bridgehead atoms. The lowest BCUT2D eigenvalue weighted by Gasteiger charge is -2.41. The fourth-order valence-electron chi connectivity index (χ4n) is 5.00. The van der Waals surface area contributed by atoms with E-state index in [-0.39, 0.29) is 38.1 Å². The van der Waals surface area contributed by atoms with E-state index in [4.69, 9.17) is 13.9 Å². The smallest absolute Gasteiger partial charge is 0.295 e. The average molecular weight is 630 g/mol. The lowest BCUT2D eigenvalue weighted by Crippen LogP contribution is -2.44. The van der Waals surface area contributed by atoms with Gasteiger partial charge in [0.1, 0.15) is 17.1 Å². The van der Waals surface area contributed by atoms with Gasteiger partial charge in [-0.25, -0.2) is 13.3 Å². The standard InChI is InChI=1S/C30H37F2N5O4SSi/c1-30(2,3)43(5,6)41-19-12-10-18(11-13-19)17-40-29-36-35-28(42-29)34-27(38)20-14-24-23(32)15-33-37(24)16-21(20)26-22(31)8-7-9-25(26)39-4/h7-9,14-16,18-19H,10-13,17H2,1-6H3,(H,34,35,38). The largest absolute Gasteiger partial charge is 0.496 e. The third-order valence-electron chi connectivity index (χ3n) is 8.45. The molecule has 43 heavy (non-hydrogen) atoms. The maximum absolute atomic E-state index is 15.0. The van der Waals surface area contributed by atoms with Gasteiger partial charge in [-0.05, 0) is 79.3 Å². The van der Waals surface area contributed by atoms with E-state index in [9.17, 15) is 9.18 Å². The number of benzene rings is 1. The van der Waals surface area contributed by atoms with Crippen LogP contribution in [0.5, 0.6) is 10.9 Å². The van der Waals surface area contributed by atoms with Crippen LogP contribution in [-0.2, 0) is 4.43 Å². The number of halogens is 2. The molecule has 5 rings (SSSR count). The van der Waals surface area contributed by atoms with Gasteiger partial charge in [0.2, 0.25) is 5.13 Å². The summed E-state index contributed by atoms with van der Waals surface area (Å²) in [5, 5.41) is 15.5. The van der Waals surface area contributed by atoms with Gasteiger partial charge in [-0.3, -0.25) is 10.1 Å². The predicted octanol–water partition coefficient (Wildman–Crippen LogP) is 7.35. The summed E-state index contributed by atoms with van der Waals surface area (Å²) in [6.07, 6.45) is 6.76. The van der Waals surface area contributed by atoms with Gasteiger partial charge in [0.25, 0.3) is 11.1 Å². The van der Waals surface area contributed by atoms with Crippen molar-refractivity contribution in [2.45, 2.75) is 70.7 Å². The van der Waals surface area contributed by atoms with E-state index in [0.717, 1.165) is 43.2 Å². The molecule has 3 heterocycles. The highest BCUT2D eigenvalue weighted by Crippen LogP contribution is 2.40. The summed E-state index contributed by atoms with van der Waals surface area (Å²) >= 11 is 1.09. The van der Waals surface area contributed by atoms with E-state index in [1.807, 2.05) is 0 Å². The molecular weight excluding hydrogens is 593 g/mol. The van der Waals surface area contributed by atoms with Crippen LogP contribution in [-0.4, -0.2) is 53.9 Å². The monoisotopic (exact) mass is 629 g/mol. The van der Waals surface area contributed by atoms with Crippen molar-refractivity contribution in [3.8, 4) is 22.1 Å². The molecule has 4 aromatic rings. The third-order valence-corrected chi connectivity index (χ3v) is 13.7. The first kappa shape index (κ1) is 31.0. The Morgan fingerprint density at radius 1 is 1.14 bits per heavy atom. The fourth-order valence-corrected chi connectivity index (χ4v) is 7.02. The molecule has 0 atom stereocenters. The molecule has 1 aromatic carbocycles. The number of hydrogen-bond donors (Lipinski definition) is 1. The molecule has 0 saturated heterocycles.